The molecule has 1 heterocycles. The van der Waals surface area contributed by atoms with E-state index in [-0.39, 0.29) is 13.2 Å². The van der Waals surface area contributed by atoms with E-state index in [1.54, 1.807) is 0 Å². The zero-order valence-corrected chi connectivity index (χ0v) is 18.5. The maximum Gasteiger partial charge on any atom is 0.303 e. The van der Waals surface area contributed by atoms with E-state index in [0.29, 0.717) is 11.0 Å². The summed E-state index contributed by atoms with van der Waals surface area (Å²) < 4.78 is 33.2. The quantitative estimate of drug-likeness (QED) is 0.274. The summed E-state index contributed by atoms with van der Waals surface area (Å²) in [6.45, 7) is 5.28. The highest BCUT2D eigenvalue weighted by atomic mass is 16.7. The van der Waals surface area contributed by atoms with E-state index >= 15 is 0 Å². The Balaban J connectivity index is 3.22. The summed E-state index contributed by atoms with van der Waals surface area (Å²) in [5.41, 5.74) is 0. The lowest BCUT2D eigenvalue weighted by atomic mass is 9.98. The third-order valence-corrected chi connectivity index (χ3v) is 3.99. The lowest BCUT2D eigenvalue weighted by Crippen LogP contribution is -2.63. The number of quaternary nitrogens is 1. The van der Waals surface area contributed by atoms with Crippen LogP contribution in [0.25, 0.3) is 0 Å². The van der Waals surface area contributed by atoms with Crippen LogP contribution in [0.15, 0.2) is 0 Å². The number of carbonyl (C=O) groups is 4. The Morgan fingerprint density at radius 3 is 1.73 bits per heavy atom. The van der Waals surface area contributed by atoms with Crippen LogP contribution in [-0.4, -0.2) is 100.0 Å². The Morgan fingerprint density at radius 2 is 1.27 bits per heavy atom. The van der Waals surface area contributed by atoms with Crippen molar-refractivity contribution >= 4 is 23.9 Å². The normalized spacial score (nSPS) is 26.4. The fourth-order valence-electron chi connectivity index (χ4n) is 2.77. The van der Waals surface area contributed by atoms with Gasteiger partial charge in [-0.25, -0.2) is 0 Å². The third kappa shape index (κ3) is 9.06. The molecule has 1 aliphatic rings. The molecule has 11 heteroatoms. The summed E-state index contributed by atoms with van der Waals surface area (Å²) in [6, 6.07) is 0. The molecular formula is C19H32NO10+. The molecule has 11 nitrogen and oxygen atoms in total. The van der Waals surface area contributed by atoms with Crippen LogP contribution in [0.1, 0.15) is 27.7 Å². The summed E-state index contributed by atoms with van der Waals surface area (Å²) in [6.07, 6.45) is -5.76. The van der Waals surface area contributed by atoms with Crippen molar-refractivity contribution in [3.8, 4) is 0 Å². The lowest BCUT2D eigenvalue weighted by Gasteiger charge is -2.44. The fourth-order valence-corrected chi connectivity index (χ4v) is 2.77. The van der Waals surface area contributed by atoms with Crippen LogP contribution in [0.5, 0.6) is 0 Å². The van der Waals surface area contributed by atoms with Gasteiger partial charge >= 0.3 is 23.9 Å². The molecule has 0 amide bonds. The first-order chi connectivity index (χ1) is 13.8. The fraction of sp³-hybridized carbons (Fsp3) is 0.789. The van der Waals surface area contributed by atoms with Gasteiger partial charge < -0.3 is 32.9 Å². The van der Waals surface area contributed by atoms with Gasteiger partial charge in [0.15, 0.2) is 24.6 Å². The van der Waals surface area contributed by atoms with Crippen LogP contribution in [0, 0.1) is 0 Å². The van der Waals surface area contributed by atoms with Crippen molar-refractivity contribution in [2.24, 2.45) is 0 Å². The first-order valence-electron chi connectivity index (χ1n) is 9.52. The molecule has 1 aliphatic heterocycles. The zero-order valence-electron chi connectivity index (χ0n) is 18.5. The summed E-state index contributed by atoms with van der Waals surface area (Å²) in [4.78, 5) is 46.3. The molecule has 0 aromatic carbocycles. The standard InChI is InChI=1S/C19H32NO10/c1-11(21)26-10-15-16(27-12(2)22)17(28-13(3)23)18(29-14(4)24)19(30-15)25-9-8-20(5,6)7/h15-19H,8-10H2,1-7H3/q+1/t15-,16-,17+,18-,19-/m1/s1. The minimum Gasteiger partial charge on any atom is -0.463 e. The van der Waals surface area contributed by atoms with Crippen molar-refractivity contribution < 1.29 is 52.1 Å². The van der Waals surface area contributed by atoms with E-state index in [0.717, 1.165) is 0 Å². The second kappa shape index (κ2) is 11.2. The molecule has 0 saturated carbocycles. The Kier molecular flexibility index (Phi) is 9.66. The van der Waals surface area contributed by atoms with E-state index < -0.39 is 54.6 Å². The van der Waals surface area contributed by atoms with Crippen molar-refractivity contribution in [2.45, 2.75) is 58.4 Å². The van der Waals surface area contributed by atoms with Gasteiger partial charge in [-0.2, -0.15) is 0 Å². The highest BCUT2D eigenvalue weighted by Crippen LogP contribution is 2.30. The average Bonchev–Trinajstić information content (AvgIpc) is 2.55. The Labute approximate surface area is 176 Å². The molecular weight excluding hydrogens is 402 g/mol. The summed E-state index contributed by atoms with van der Waals surface area (Å²) in [5, 5.41) is 0. The smallest absolute Gasteiger partial charge is 0.303 e. The molecule has 0 aliphatic carbocycles. The lowest BCUT2D eigenvalue weighted by molar-refractivity contribution is -0.871. The molecule has 0 spiro atoms. The van der Waals surface area contributed by atoms with Gasteiger partial charge in [0, 0.05) is 27.7 Å². The minimum absolute atomic E-state index is 0.233. The van der Waals surface area contributed by atoms with Gasteiger partial charge in [0.05, 0.1) is 27.7 Å². The van der Waals surface area contributed by atoms with Crippen molar-refractivity contribution in [3.05, 3.63) is 0 Å². The average molecular weight is 434 g/mol. The van der Waals surface area contributed by atoms with Crippen LogP contribution in [0.4, 0.5) is 0 Å². The van der Waals surface area contributed by atoms with Crippen LogP contribution >= 0.6 is 0 Å². The van der Waals surface area contributed by atoms with Crippen LogP contribution in [-0.2, 0) is 47.6 Å². The predicted octanol–water partition coefficient (Wildman–Crippen LogP) is -0.208. The molecule has 0 aromatic heterocycles. The Hall–Kier alpha value is -2.24. The number of likely N-dealkylation sites (N-methyl/N-ethyl adjacent to an activating group) is 1. The second-order valence-corrected chi connectivity index (χ2v) is 7.95. The largest absolute Gasteiger partial charge is 0.463 e. The topological polar surface area (TPSA) is 124 Å². The number of esters is 4. The summed E-state index contributed by atoms with van der Waals surface area (Å²) in [5.74, 6) is -2.61. The summed E-state index contributed by atoms with van der Waals surface area (Å²) >= 11 is 0. The number of hydrogen-bond donors (Lipinski definition) is 0. The van der Waals surface area contributed by atoms with Gasteiger partial charge in [-0.05, 0) is 0 Å². The molecule has 0 bridgehead atoms. The van der Waals surface area contributed by atoms with Gasteiger partial charge in [0.1, 0.15) is 19.3 Å². The van der Waals surface area contributed by atoms with E-state index in [2.05, 4.69) is 0 Å². The van der Waals surface area contributed by atoms with Crippen molar-refractivity contribution in [2.75, 3.05) is 40.9 Å². The van der Waals surface area contributed by atoms with Gasteiger partial charge in [0.25, 0.3) is 0 Å². The minimum atomic E-state index is -1.22. The predicted molar refractivity (Wildman–Crippen MR) is 101 cm³/mol. The molecule has 30 heavy (non-hydrogen) atoms. The zero-order chi connectivity index (χ0) is 23.1. The maximum absolute atomic E-state index is 11.7. The Morgan fingerprint density at radius 1 is 0.767 bits per heavy atom. The van der Waals surface area contributed by atoms with Crippen LogP contribution < -0.4 is 0 Å². The number of hydrogen-bond acceptors (Lipinski definition) is 10. The third-order valence-electron chi connectivity index (χ3n) is 3.99. The van der Waals surface area contributed by atoms with E-state index in [1.165, 1.54) is 27.7 Å². The van der Waals surface area contributed by atoms with Gasteiger partial charge in [-0.15, -0.1) is 0 Å². The molecule has 0 unspecified atom stereocenters. The first-order valence-corrected chi connectivity index (χ1v) is 9.52. The van der Waals surface area contributed by atoms with E-state index in [4.69, 9.17) is 28.4 Å². The second-order valence-electron chi connectivity index (χ2n) is 7.95. The van der Waals surface area contributed by atoms with Crippen molar-refractivity contribution in [1.82, 2.24) is 0 Å². The number of ether oxygens (including phenoxy) is 6. The van der Waals surface area contributed by atoms with Crippen molar-refractivity contribution in [3.63, 3.8) is 0 Å². The van der Waals surface area contributed by atoms with Gasteiger partial charge in [-0.1, -0.05) is 0 Å². The molecule has 1 saturated heterocycles. The molecule has 0 N–H and O–H groups in total. The number of rotatable bonds is 9. The molecule has 0 aromatic rings. The molecule has 1 fully saturated rings. The molecule has 0 radical (unpaired) electrons. The number of carbonyl (C=O) groups excluding carboxylic acids is 4. The maximum atomic E-state index is 11.7. The van der Waals surface area contributed by atoms with Gasteiger partial charge in [0.2, 0.25) is 0 Å². The van der Waals surface area contributed by atoms with Crippen LogP contribution in [0.3, 0.4) is 0 Å². The highest BCUT2D eigenvalue weighted by Gasteiger charge is 2.52. The molecule has 5 atom stereocenters. The van der Waals surface area contributed by atoms with E-state index in [9.17, 15) is 19.2 Å². The van der Waals surface area contributed by atoms with Crippen molar-refractivity contribution in [1.29, 1.82) is 0 Å². The number of nitrogens with zero attached hydrogens (tertiary/aromatic N) is 1. The SMILES string of the molecule is CC(=O)OC[C@H]1O[C@@H](OCC[N+](C)(C)C)[C@H](OC(C)=O)[C@@H](OC(C)=O)[C@@H]1OC(C)=O. The van der Waals surface area contributed by atoms with E-state index in [1.807, 2.05) is 21.1 Å². The Bertz CT molecular complexity index is 629. The van der Waals surface area contributed by atoms with Crippen LogP contribution in [0.2, 0.25) is 0 Å². The highest BCUT2D eigenvalue weighted by molar-refractivity contribution is 5.68. The monoisotopic (exact) mass is 434 g/mol. The first kappa shape index (κ1) is 25.8. The van der Waals surface area contributed by atoms with Gasteiger partial charge in [-0.3, -0.25) is 19.2 Å². The molecule has 1 rings (SSSR count). The molecule has 172 valence electrons. The summed E-state index contributed by atoms with van der Waals surface area (Å²) in [7, 11) is 5.91.